The van der Waals surface area contributed by atoms with Crippen molar-refractivity contribution in [2.24, 2.45) is 0 Å². The van der Waals surface area contributed by atoms with Gasteiger partial charge in [0.05, 0.1) is 11.0 Å². The number of aromatic amines is 1. The Bertz CT molecular complexity index is 850. The summed E-state index contributed by atoms with van der Waals surface area (Å²) >= 11 is 0. The lowest BCUT2D eigenvalue weighted by Crippen LogP contribution is -2.30. The number of rotatable bonds is 5. The van der Waals surface area contributed by atoms with Crippen LogP contribution in [0.15, 0.2) is 12.1 Å². The summed E-state index contributed by atoms with van der Waals surface area (Å²) in [6.07, 6.45) is 0.615. The van der Waals surface area contributed by atoms with Crippen LogP contribution in [0.25, 0.3) is 11.0 Å². The molecule has 0 spiro atoms. The molecular weight excluding hydrogens is 296 g/mol. The first kappa shape index (κ1) is 14.9. The molecule has 23 heavy (non-hydrogen) atoms. The van der Waals surface area contributed by atoms with E-state index < -0.39 is 0 Å². The molecule has 1 amide bonds. The molecule has 0 aliphatic heterocycles. The molecule has 0 saturated carbocycles. The summed E-state index contributed by atoms with van der Waals surface area (Å²) in [6, 6.07) is 4.09. The van der Waals surface area contributed by atoms with Gasteiger partial charge in [0.1, 0.15) is 12.4 Å². The molecule has 0 aliphatic rings. The molecule has 120 valence electrons. The van der Waals surface area contributed by atoms with Crippen molar-refractivity contribution < 1.29 is 4.79 Å². The topological polar surface area (TPSA) is 127 Å². The summed E-state index contributed by atoms with van der Waals surface area (Å²) in [5.74, 6) is 0.756. The molecule has 2 aromatic heterocycles. The van der Waals surface area contributed by atoms with Gasteiger partial charge in [0.25, 0.3) is 0 Å². The molecule has 0 fully saturated rings. The van der Waals surface area contributed by atoms with E-state index in [1.165, 1.54) is 15.8 Å². The molecule has 4 N–H and O–H groups in total. The molecule has 1 aromatic carbocycles. The Morgan fingerprint density at radius 1 is 1.39 bits per heavy atom. The largest absolute Gasteiger partial charge is 0.367 e. The Labute approximate surface area is 132 Å². The summed E-state index contributed by atoms with van der Waals surface area (Å²) in [4.78, 5) is 19.7. The Balaban J connectivity index is 1.57. The zero-order chi connectivity index (χ0) is 16.4. The van der Waals surface area contributed by atoms with Crippen molar-refractivity contribution in [3.05, 3.63) is 29.1 Å². The number of anilines is 1. The fourth-order valence-electron chi connectivity index (χ4n) is 2.32. The molecule has 0 saturated heterocycles. The van der Waals surface area contributed by atoms with E-state index >= 15 is 0 Å². The number of tetrazole rings is 1. The first-order valence-electron chi connectivity index (χ1n) is 7.27. The second-order valence-electron chi connectivity index (χ2n) is 5.38. The highest BCUT2D eigenvalue weighted by Crippen LogP contribution is 2.19. The maximum Gasteiger partial charge on any atom is 0.241 e. The summed E-state index contributed by atoms with van der Waals surface area (Å²) in [6.45, 7) is 4.59. The third-order valence-electron chi connectivity index (χ3n) is 3.76. The van der Waals surface area contributed by atoms with Gasteiger partial charge < -0.3 is 16.0 Å². The number of amides is 1. The predicted molar refractivity (Wildman–Crippen MR) is 84.5 cm³/mol. The lowest BCUT2D eigenvalue weighted by atomic mass is 10.1. The van der Waals surface area contributed by atoms with E-state index in [0.29, 0.717) is 13.0 Å². The Morgan fingerprint density at radius 2 is 2.22 bits per heavy atom. The van der Waals surface area contributed by atoms with Crippen LogP contribution >= 0.6 is 0 Å². The van der Waals surface area contributed by atoms with E-state index in [-0.39, 0.29) is 18.4 Å². The van der Waals surface area contributed by atoms with Crippen molar-refractivity contribution in [3.63, 3.8) is 0 Å². The summed E-state index contributed by atoms with van der Waals surface area (Å²) in [5.41, 5.74) is 9.88. The van der Waals surface area contributed by atoms with Gasteiger partial charge in [-0.05, 0) is 41.5 Å². The van der Waals surface area contributed by atoms with Crippen LogP contribution < -0.4 is 11.1 Å². The van der Waals surface area contributed by atoms with Crippen molar-refractivity contribution in [1.29, 1.82) is 0 Å². The number of hydrogen-bond acceptors (Lipinski definition) is 6. The summed E-state index contributed by atoms with van der Waals surface area (Å²) in [7, 11) is 0. The van der Waals surface area contributed by atoms with Crippen molar-refractivity contribution in [3.8, 4) is 0 Å². The smallest absolute Gasteiger partial charge is 0.241 e. The minimum Gasteiger partial charge on any atom is -0.367 e. The summed E-state index contributed by atoms with van der Waals surface area (Å²) < 4.78 is 1.24. The molecule has 9 nitrogen and oxygen atoms in total. The molecule has 9 heteroatoms. The maximum absolute atomic E-state index is 11.8. The number of imidazole rings is 1. The van der Waals surface area contributed by atoms with Crippen molar-refractivity contribution in [2.45, 2.75) is 26.8 Å². The van der Waals surface area contributed by atoms with Crippen LogP contribution in [0.1, 0.15) is 17.0 Å². The number of fused-ring (bicyclic) bond motifs is 1. The van der Waals surface area contributed by atoms with Gasteiger partial charge in [-0.2, -0.15) is 0 Å². The number of aromatic nitrogens is 6. The Morgan fingerprint density at radius 3 is 2.96 bits per heavy atom. The van der Waals surface area contributed by atoms with Crippen molar-refractivity contribution in [2.75, 3.05) is 12.3 Å². The maximum atomic E-state index is 11.8. The fraction of sp³-hybridized carbons (Fsp3) is 0.357. The number of nitrogens with one attached hydrogen (secondary N) is 2. The second kappa shape index (κ2) is 6.03. The van der Waals surface area contributed by atoms with Crippen molar-refractivity contribution in [1.82, 2.24) is 35.5 Å². The summed E-state index contributed by atoms with van der Waals surface area (Å²) in [5, 5.41) is 13.3. The van der Waals surface area contributed by atoms with E-state index in [9.17, 15) is 4.79 Å². The van der Waals surface area contributed by atoms with E-state index in [4.69, 9.17) is 5.73 Å². The number of carbonyl (C=O) groups excluding carboxylic acids is 1. The van der Waals surface area contributed by atoms with Crippen LogP contribution in [0.5, 0.6) is 0 Å². The number of hydrogen-bond donors (Lipinski definition) is 3. The molecule has 0 radical (unpaired) electrons. The van der Waals surface area contributed by atoms with Gasteiger partial charge in [0, 0.05) is 13.0 Å². The number of aryl methyl sites for hydroxylation is 2. The third kappa shape index (κ3) is 3.12. The lowest BCUT2D eigenvalue weighted by molar-refractivity contribution is -0.121. The van der Waals surface area contributed by atoms with Crippen LogP contribution in [-0.4, -0.2) is 42.6 Å². The second-order valence-corrected chi connectivity index (χ2v) is 5.38. The van der Waals surface area contributed by atoms with Gasteiger partial charge in [-0.1, -0.05) is 11.2 Å². The monoisotopic (exact) mass is 314 g/mol. The Kier molecular flexibility index (Phi) is 3.92. The van der Waals surface area contributed by atoms with Crippen LogP contribution in [0, 0.1) is 13.8 Å². The van der Waals surface area contributed by atoms with Crippen LogP contribution in [0.4, 0.5) is 5.95 Å². The number of H-pyrrole nitrogens is 1. The molecule has 3 rings (SSSR count). The minimum absolute atomic E-state index is 0.00271. The number of nitrogens with zero attached hydrogens (tertiary/aromatic N) is 5. The quantitative estimate of drug-likeness (QED) is 0.613. The van der Waals surface area contributed by atoms with E-state index in [2.05, 4.69) is 50.7 Å². The average molecular weight is 314 g/mol. The number of nitrogen functional groups attached to an aromatic ring is 1. The molecule has 0 bridgehead atoms. The molecule has 3 aromatic rings. The van der Waals surface area contributed by atoms with Crippen molar-refractivity contribution >= 4 is 22.9 Å². The van der Waals surface area contributed by atoms with Gasteiger partial charge >= 0.3 is 0 Å². The first-order chi connectivity index (χ1) is 11.0. The third-order valence-corrected chi connectivity index (χ3v) is 3.76. The number of carbonyl (C=O) groups is 1. The van der Waals surface area contributed by atoms with E-state index in [1.807, 2.05) is 6.07 Å². The molecule has 2 heterocycles. The Hall–Kier alpha value is -2.97. The van der Waals surface area contributed by atoms with Gasteiger partial charge in [0.15, 0.2) is 0 Å². The van der Waals surface area contributed by atoms with E-state index in [1.54, 1.807) is 0 Å². The average Bonchev–Trinajstić information content (AvgIpc) is 3.10. The number of benzene rings is 1. The molecule has 0 atom stereocenters. The zero-order valence-electron chi connectivity index (χ0n) is 13.0. The van der Waals surface area contributed by atoms with Crippen LogP contribution in [-0.2, 0) is 17.8 Å². The van der Waals surface area contributed by atoms with Gasteiger partial charge in [-0.25, -0.2) is 9.67 Å². The number of nitrogens with two attached hydrogens (primary N) is 1. The normalized spacial score (nSPS) is 11.0. The highest BCUT2D eigenvalue weighted by atomic mass is 16.2. The standard InChI is InChI=1S/C14H18N8O/c1-8-3-4-10-13(9(8)2)18-11(17-10)5-6-16-12(23)7-22-14(15)19-20-21-22/h3-4H,5-7H2,1-2H3,(H,16,23)(H,17,18)(H2,15,19,21). The lowest BCUT2D eigenvalue weighted by Gasteiger charge is -2.04. The molecule has 0 aliphatic carbocycles. The van der Waals surface area contributed by atoms with Crippen LogP contribution in [0.2, 0.25) is 0 Å². The van der Waals surface area contributed by atoms with Crippen LogP contribution in [0.3, 0.4) is 0 Å². The first-order valence-corrected chi connectivity index (χ1v) is 7.27. The zero-order valence-corrected chi connectivity index (χ0v) is 13.0. The predicted octanol–water partition coefficient (Wildman–Crippen LogP) is 0.107. The highest BCUT2D eigenvalue weighted by molar-refractivity contribution is 5.80. The molecule has 0 unspecified atom stereocenters. The SMILES string of the molecule is Cc1ccc2[nH]c(CCNC(=O)Cn3nnnc3N)nc2c1C. The minimum atomic E-state index is -0.202. The molecular formula is C14H18N8O. The highest BCUT2D eigenvalue weighted by Gasteiger charge is 2.09. The van der Waals surface area contributed by atoms with Gasteiger partial charge in [-0.3, -0.25) is 4.79 Å². The fourth-order valence-corrected chi connectivity index (χ4v) is 2.32. The van der Waals surface area contributed by atoms with Gasteiger partial charge in [0.2, 0.25) is 11.9 Å². The van der Waals surface area contributed by atoms with Gasteiger partial charge in [-0.15, -0.1) is 0 Å². The van der Waals surface area contributed by atoms with E-state index in [0.717, 1.165) is 16.9 Å².